The van der Waals surface area contributed by atoms with Crippen LogP contribution in [0.3, 0.4) is 0 Å². The van der Waals surface area contributed by atoms with Gasteiger partial charge in [0.25, 0.3) is 0 Å². The van der Waals surface area contributed by atoms with E-state index in [4.69, 9.17) is 9.84 Å². The van der Waals surface area contributed by atoms with Crippen LogP contribution in [-0.4, -0.2) is 26.9 Å². The maximum atomic E-state index is 5.24. The average Bonchev–Trinajstić information content (AvgIpc) is 3.52. The summed E-state index contributed by atoms with van der Waals surface area (Å²) in [4.78, 5) is 0.795. The van der Waals surface area contributed by atoms with Gasteiger partial charge in [-0.15, -0.1) is 10.2 Å². The van der Waals surface area contributed by atoms with Gasteiger partial charge in [0.15, 0.2) is 5.82 Å². The molecule has 35 heavy (non-hydrogen) atoms. The van der Waals surface area contributed by atoms with Gasteiger partial charge in [-0.1, -0.05) is 102 Å². The van der Waals surface area contributed by atoms with Crippen LogP contribution in [0, 0.1) is 0 Å². The van der Waals surface area contributed by atoms with Crippen LogP contribution in [0.15, 0.2) is 103 Å². The first-order valence-corrected chi connectivity index (χ1v) is 12.2. The van der Waals surface area contributed by atoms with Gasteiger partial charge in [0.05, 0.1) is 7.11 Å². The third kappa shape index (κ3) is 4.32. The predicted octanol–water partition coefficient (Wildman–Crippen LogP) is 6.79. The first-order valence-electron chi connectivity index (χ1n) is 11.4. The molecule has 0 aliphatic heterocycles. The average molecular weight is 475 g/mol. The summed E-state index contributed by atoms with van der Waals surface area (Å²) in [6.45, 7) is 0. The molecular weight excluding hydrogens is 452 g/mol. The highest BCUT2D eigenvalue weighted by Gasteiger charge is 2.14. The Morgan fingerprint density at radius 3 is 1.83 bits per heavy atom. The highest BCUT2D eigenvalue weighted by Crippen LogP contribution is 2.30. The molecule has 0 aliphatic rings. The number of hydrogen-bond donors (Lipinski definition) is 0. The number of methoxy groups -OCH3 is 1. The van der Waals surface area contributed by atoms with Crippen LogP contribution in [0.2, 0.25) is 0 Å². The summed E-state index contributed by atoms with van der Waals surface area (Å²) >= 11 is 1.55. The smallest absolute Gasteiger partial charge is 0.234 e. The topological polar surface area (TPSA) is 52.3 Å². The third-order valence-corrected chi connectivity index (χ3v) is 6.98. The minimum absolute atomic E-state index is 0.659. The van der Waals surface area contributed by atoms with Gasteiger partial charge in [-0.3, -0.25) is 0 Å². The predicted molar refractivity (Wildman–Crippen MR) is 141 cm³/mol. The Labute approximate surface area is 207 Å². The van der Waals surface area contributed by atoms with Crippen LogP contribution in [0.1, 0.15) is 11.4 Å². The Hall–Kier alpha value is -4.29. The van der Waals surface area contributed by atoms with E-state index >= 15 is 0 Å². The van der Waals surface area contributed by atoms with Gasteiger partial charge in [-0.25, -0.2) is 0 Å². The molecule has 0 aliphatic carbocycles. The van der Waals surface area contributed by atoms with Crippen molar-refractivity contribution in [2.75, 3.05) is 7.11 Å². The molecule has 6 rings (SSSR count). The van der Waals surface area contributed by atoms with Crippen molar-refractivity contribution in [1.82, 2.24) is 19.8 Å². The number of nitrogens with zero attached hydrogens (tertiary/aromatic N) is 4. The fourth-order valence-electron chi connectivity index (χ4n) is 4.10. The van der Waals surface area contributed by atoms with Crippen molar-refractivity contribution in [3.63, 3.8) is 0 Å². The molecule has 0 atom stereocenters. The molecule has 0 saturated carbocycles. The maximum Gasteiger partial charge on any atom is 0.234 e. The summed E-state index contributed by atoms with van der Waals surface area (Å²) in [6, 6.07) is 35.6. The molecule has 0 unspecified atom stereocenters. The van der Waals surface area contributed by atoms with Crippen molar-refractivity contribution < 1.29 is 4.74 Å². The molecule has 0 amide bonds. The van der Waals surface area contributed by atoms with Gasteiger partial charge in [0, 0.05) is 12.0 Å². The highest BCUT2D eigenvalue weighted by molar-refractivity contribution is 7.19. The molecule has 0 bridgehead atoms. The van der Waals surface area contributed by atoms with E-state index in [9.17, 15) is 0 Å². The molecule has 0 radical (unpaired) electrons. The number of fused-ring (bicyclic) bond motifs is 1. The molecule has 0 spiro atoms. The van der Waals surface area contributed by atoms with E-state index in [2.05, 4.69) is 83.0 Å². The zero-order valence-electron chi connectivity index (χ0n) is 19.1. The highest BCUT2D eigenvalue weighted by atomic mass is 32.1. The quantitative estimate of drug-likeness (QED) is 0.267. The van der Waals surface area contributed by atoms with Gasteiger partial charge < -0.3 is 4.74 Å². The van der Waals surface area contributed by atoms with Crippen molar-refractivity contribution in [2.24, 2.45) is 0 Å². The molecule has 5 nitrogen and oxygen atoms in total. The lowest BCUT2D eigenvalue weighted by atomic mass is 10.00. The van der Waals surface area contributed by atoms with Crippen molar-refractivity contribution in [2.45, 2.75) is 6.42 Å². The van der Waals surface area contributed by atoms with Gasteiger partial charge in [-0.05, 0) is 39.9 Å². The normalized spacial score (nSPS) is 11.1. The van der Waals surface area contributed by atoms with E-state index in [1.807, 2.05) is 34.8 Å². The minimum atomic E-state index is 0.659. The molecular formula is C29H22N4OS. The van der Waals surface area contributed by atoms with E-state index in [0.717, 1.165) is 32.7 Å². The van der Waals surface area contributed by atoms with Gasteiger partial charge in [0.2, 0.25) is 4.96 Å². The summed E-state index contributed by atoms with van der Waals surface area (Å²) in [5.74, 6) is 1.66. The SMILES string of the molecule is COc1ccc(Cc2nnc3sc(-c4ccc(-c5ccc(-c6ccccc6)cc5)cc4)nn23)cc1. The fraction of sp³-hybridized carbons (Fsp3) is 0.0690. The van der Waals surface area contributed by atoms with Gasteiger partial charge in [0.1, 0.15) is 10.8 Å². The van der Waals surface area contributed by atoms with Crippen molar-refractivity contribution in [3.8, 4) is 38.6 Å². The van der Waals surface area contributed by atoms with Gasteiger partial charge in [-0.2, -0.15) is 9.61 Å². The summed E-state index contributed by atoms with van der Waals surface area (Å²) in [7, 11) is 1.67. The van der Waals surface area contributed by atoms with Gasteiger partial charge >= 0.3 is 0 Å². The lowest BCUT2D eigenvalue weighted by molar-refractivity contribution is 0.414. The lowest BCUT2D eigenvalue weighted by Crippen LogP contribution is -1.98. The Morgan fingerprint density at radius 2 is 1.23 bits per heavy atom. The standard InChI is InChI=1S/C29H22N4OS/c1-34-26-17-7-20(8-18-26)19-27-30-31-29-33(27)32-28(35-29)25-15-13-24(14-16-25)23-11-9-22(10-12-23)21-5-3-2-4-6-21/h2-18H,19H2,1H3. The van der Waals surface area contributed by atoms with E-state index in [1.165, 1.54) is 22.3 Å². The monoisotopic (exact) mass is 474 g/mol. The molecule has 2 aromatic heterocycles. The molecule has 6 heteroatoms. The molecule has 0 N–H and O–H groups in total. The number of benzene rings is 4. The van der Waals surface area contributed by atoms with E-state index in [1.54, 1.807) is 18.4 Å². The van der Waals surface area contributed by atoms with Crippen molar-refractivity contribution in [3.05, 3.63) is 115 Å². The van der Waals surface area contributed by atoms with Crippen LogP contribution < -0.4 is 4.74 Å². The zero-order valence-corrected chi connectivity index (χ0v) is 19.9. The number of rotatable bonds is 6. The third-order valence-electron chi connectivity index (χ3n) is 6.03. The van der Waals surface area contributed by atoms with Crippen LogP contribution in [0.4, 0.5) is 0 Å². The van der Waals surface area contributed by atoms with E-state index < -0.39 is 0 Å². The second kappa shape index (κ2) is 9.16. The second-order valence-electron chi connectivity index (χ2n) is 8.26. The van der Waals surface area contributed by atoms with Crippen LogP contribution in [0.5, 0.6) is 5.75 Å². The first-order chi connectivity index (χ1) is 17.3. The van der Waals surface area contributed by atoms with Crippen molar-refractivity contribution >= 4 is 16.3 Å². The Bertz CT molecular complexity index is 1570. The molecule has 6 aromatic rings. The number of ether oxygens (including phenoxy) is 1. The Kier molecular flexibility index (Phi) is 5.56. The Balaban J connectivity index is 1.22. The fourth-order valence-corrected chi connectivity index (χ4v) is 4.96. The largest absolute Gasteiger partial charge is 0.497 e. The van der Waals surface area contributed by atoms with E-state index in [0.29, 0.717) is 6.42 Å². The number of aromatic nitrogens is 4. The molecule has 2 heterocycles. The molecule has 0 fully saturated rings. The van der Waals surface area contributed by atoms with E-state index in [-0.39, 0.29) is 0 Å². The molecule has 170 valence electrons. The maximum absolute atomic E-state index is 5.24. The second-order valence-corrected chi connectivity index (χ2v) is 9.22. The number of hydrogen-bond acceptors (Lipinski definition) is 5. The zero-order chi connectivity index (χ0) is 23.6. The summed E-state index contributed by atoms with van der Waals surface area (Å²) < 4.78 is 7.09. The molecule has 0 saturated heterocycles. The minimum Gasteiger partial charge on any atom is -0.497 e. The summed E-state index contributed by atoms with van der Waals surface area (Å²) in [5, 5.41) is 14.4. The Morgan fingerprint density at radius 1 is 0.657 bits per heavy atom. The lowest BCUT2D eigenvalue weighted by Gasteiger charge is -2.06. The summed E-state index contributed by atoms with van der Waals surface area (Å²) in [6.07, 6.45) is 0.659. The summed E-state index contributed by atoms with van der Waals surface area (Å²) in [5.41, 5.74) is 7.02. The van der Waals surface area contributed by atoms with Crippen LogP contribution in [0.25, 0.3) is 37.8 Å². The first kappa shape index (κ1) is 21.3. The van der Waals surface area contributed by atoms with Crippen LogP contribution >= 0.6 is 11.3 Å². The van der Waals surface area contributed by atoms with Crippen LogP contribution in [-0.2, 0) is 6.42 Å². The van der Waals surface area contributed by atoms with Crippen molar-refractivity contribution in [1.29, 1.82) is 0 Å². The molecule has 4 aromatic carbocycles.